The molecule has 0 bridgehead atoms. The van der Waals surface area contributed by atoms with Gasteiger partial charge in [-0.05, 0) is 32.4 Å². The third-order valence-electron chi connectivity index (χ3n) is 5.43. The molecule has 0 N–H and O–H groups in total. The molecule has 1 amide bonds. The highest BCUT2D eigenvalue weighted by atomic mass is 32.2. The molecule has 0 spiro atoms. The molecule has 1 atom stereocenters. The van der Waals surface area contributed by atoms with Crippen molar-refractivity contribution >= 4 is 15.7 Å². The van der Waals surface area contributed by atoms with Crippen LogP contribution in [0, 0.1) is 0 Å². The maximum Gasteiger partial charge on any atom is 0.260 e. The second kappa shape index (κ2) is 9.09. The van der Waals surface area contributed by atoms with Gasteiger partial charge in [0.05, 0.1) is 18.1 Å². The smallest absolute Gasteiger partial charge is 0.260 e. The first-order chi connectivity index (χ1) is 13.3. The summed E-state index contributed by atoms with van der Waals surface area (Å²) in [7, 11) is -1.51. The van der Waals surface area contributed by atoms with E-state index in [0.717, 1.165) is 25.9 Å². The van der Waals surface area contributed by atoms with E-state index in [-0.39, 0.29) is 41.2 Å². The van der Waals surface area contributed by atoms with Gasteiger partial charge >= 0.3 is 0 Å². The third-order valence-corrected chi connectivity index (χ3v) is 7.18. The Labute approximate surface area is 165 Å². The zero-order chi connectivity index (χ0) is 20.1. The number of nitrogens with zero attached hydrogens (tertiary/aromatic N) is 2. The average Bonchev–Trinajstić information content (AvgIpc) is 2.85. The Hall–Kier alpha value is -1.87. The molecule has 1 aromatic rings. The molecular formula is C19H28N2O6S. The van der Waals surface area contributed by atoms with Crippen molar-refractivity contribution < 1.29 is 22.4 Å². The van der Waals surface area contributed by atoms with Gasteiger partial charge in [0.1, 0.15) is 12.0 Å². The number of amides is 1. The molecule has 0 aliphatic carbocycles. The van der Waals surface area contributed by atoms with E-state index >= 15 is 0 Å². The van der Waals surface area contributed by atoms with Crippen molar-refractivity contribution in [3.8, 4) is 5.75 Å². The SMILES string of the molecule is CN(C(=O)COc1coc(CN2CCCCCC2)cc1=O)[C@@H]1CCS(=O)(=O)C1. The van der Waals surface area contributed by atoms with Gasteiger partial charge < -0.3 is 14.1 Å². The minimum absolute atomic E-state index is 0.0135. The second-order valence-corrected chi connectivity index (χ2v) is 9.84. The number of rotatable bonds is 6. The molecule has 3 rings (SSSR count). The summed E-state index contributed by atoms with van der Waals surface area (Å²) in [5.74, 6) is 0.273. The Morgan fingerprint density at radius 2 is 2.00 bits per heavy atom. The molecule has 9 heteroatoms. The summed E-state index contributed by atoms with van der Waals surface area (Å²) in [6, 6.07) is 1.08. The van der Waals surface area contributed by atoms with Crippen LogP contribution in [0.5, 0.6) is 5.75 Å². The predicted octanol–water partition coefficient (Wildman–Crippen LogP) is 1.04. The van der Waals surface area contributed by atoms with Gasteiger partial charge in [-0.1, -0.05) is 12.8 Å². The molecule has 0 unspecified atom stereocenters. The standard InChI is InChI=1S/C19H28N2O6S/c1-20(15-6-9-28(24,25)14-15)19(23)13-27-18-12-26-16(10-17(18)22)11-21-7-4-2-3-5-8-21/h10,12,15H,2-9,11,13-14H2,1H3/t15-/m1/s1. The van der Waals surface area contributed by atoms with E-state index in [1.807, 2.05) is 0 Å². The van der Waals surface area contributed by atoms with Crippen molar-refractivity contribution in [2.45, 2.75) is 44.7 Å². The minimum Gasteiger partial charge on any atom is -0.477 e. The van der Waals surface area contributed by atoms with Crippen molar-refractivity contribution in [3.63, 3.8) is 0 Å². The second-order valence-electron chi connectivity index (χ2n) is 7.62. The fourth-order valence-corrected chi connectivity index (χ4v) is 5.44. The fourth-order valence-electron chi connectivity index (χ4n) is 3.67. The molecule has 2 aliphatic rings. The lowest BCUT2D eigenvalue weighted by Gasteiger charge is -2.23. The van der Waals surface area contributed by atoms with Crippen LogP contribution in [0.4, 0.5) is 0 Å². The van der Waals surface area contributed by atoms with Crippen molar-refractivity contribution in [2.24, 2.45) is 0 Å². The normalized spacial score (nSPS) is 22.5. The molecular weight excluding hydrogens is 384 g/mol. The zero-order valence-electron chi connectivity index (χ0n) is 16.3. The van der Waals surface area contributed by atoms with Crippen LogP contribution >= 0.6 is 0 Å². The summed E-state index contributed by atoms with van der Waals surface area (Å²) >= 11 is 0. The Kier molecular flexibility index (Phi) is 6.77. The molecule has 156 valence electrons. The monoisotopic (exact) mass is 412 g/mol. The molecule has 28 heavy (non-hydrogen) atoms. The lowest BCUT2D eigenvalue weighted by atomic mass is 10.2. The highest BCUT2D eigenvalue weighted by molar-refractivity contribution is 7.91. The number of carbonyl (C=O) groups excluding carboxylic acids is 1. The van der Waals surface area contributed by atoms with E-state index < -0.39 is 9.84 Å². The van der Waals surface area contributed by atoms with Gasteiger partial charge in [-0.3, -0.25) is 14.5 Å². The Morgan fingerprint density at radius 1 is 1.29 bits per heavy atom. The number of ether oxygens (including phenoxy) is 1. The molecule has 0 saturated carbocycles. The molecule has 1 aromatic heterocycles. The van der Waals surface area contributed by atoms with Crippen LogP contribution in [0.2, 0.25) is 0 Å². The number of hydrogen-bond donors (Lipinski definition) is 0. The van der Waals surface area contributed by atoms with Crippen LogP contribution in [-0.2, 0) is 21.2 Å². The number of hydrogen-bond acceptors (Lipinski definition) is 7. The van der Waals surface area contributed by atoms with Crippen molar-refractivity contribution in [2.75, 3.05) is 38.2 Å². The van der Waals surface area contributed by atoms with Crippen molar-refractivity contribution in [1.29, 1.82) is 0 Å². The van der Waals surface area contributed by atoms with Crippen LogP contribution in [0.25, 0.3) is 0 Å². The molecule has 3 heterocycles. The van der Waals surface area contributed by atoms with E-state index in [0.29, 0.717) is 18.7 Å². The summed E-state index contributed by atoms with van der Waals surface area (Å²) < 4.78 is 34.0. The number of carbonyl (C=O) groups is 1. The highest BCUT2D eigenvalue weighted by Crippen LogP contribution is 2.17. The van der Waals surface area contributed by atoms with Crippen LogP contribution in [0.3, 0.4) is 0 Å². The van der Waals surface area contributed by atoms with E-state index in [2.05, 4.69) is 4.90 Å². The quantitative estimate of drug-likeness (QED) is 0.689. The zero-order valence-corrected chi connectivity index (χ0v) is 17.1. The van der Waals surface area contributed by atoms with E-state index in [1.54, 1.807) is 7.05 Å². The van der Waals surface area contributed by atoms with Gasteiger partial charge in [0, 0.05) is 19.2 Å². The lowest BCUT2D eigenvalue weighted by molar-refractivity contribution is -0.133. The maximum absolute atomic E-state index is 12.3. The van der Waals surface area contributed by atoms with Gasteiger partial charge in [-0.15, -0.1) is 0 Å². The Balaban J connectivity index is 1.53. The average molecular weight is 413 g/mol. The van der Waals surface area contributed by atoms with E-state index in [4.69, 9.17) is 9.15 Å². The minimum atomic E-state index is -3.07. The summed E-state index contributed by atoms with van der Waals surface area (Å²) in [6.45, 7) is 2.26. The fraction of sp³-hybridized carbons (Fsp3) is 0.684. The van der Waals surface area contributed by atoms with Gasteiger partial charge in [0.15, 0.2) is 16.4 Å². The molecule has 0 aromatic carbocycles. The number of likely N-dealkylation sites (tertiary alicyclic amines) is 1. The van der Waals surface area contributed by atoms with Crippen molar-refractivity contribution in [1.82, 2.24) is 9.80 Å². The summed E-state index contributed by atoms with van der Waals surface area (Å²) in [5.41, 5.74) is -0.324. The molecule has 2 saturated heterocycles. The number of sulfone groups is 1. The first-order valence-electron chi connectivity index (χ1n) is 9.77. The van der Waals surface area contributed by atoms with Crippen LogP contribution in [0.15, 0.2) is 21.5 Å². The summed E-state index contributed by atoms with van der Waals surface area (Å²) in [6.07, 6.45) is 6.47. The van der Waals surface area contributed by atoms with Gasteiger partial charge in [0.2, 0.25) is 11.2 Å². The Bertz CT molecular complexity index is 842. The van der Waals surface area contributed by atoms with Gasteiger partial charge in [0.25, 0.3) is 5.91 Å². The molecule has 2 fully saturated rings. The Morgan fingerprint density at radius 3 is 2.61 bits per heavy atom. The topological polar surface area (TPSA) is 97.1 Å². The number of likely N-dealkylation sites (N-methyl/N-ethyl adjacent to an activating group) is 1. The molecule has 2 aliphatic heterocycles. The van der Waals surface area contributed by atoms with Crippen LogP contribution in [0.1, 0.15) is 37.9 Å². The third kappa shape index (κ3) is 5.57. The first kappa shape index (κ1) is 20.9. The highest BCUT2D eigenvalue weighted by Gasteiger charge is 2.32. The largest absolute Gasteiger partial charge is 0.477 e. The van der Waals surface area contributed by atoms with Crippen molar-refractivity contribution in [3.05, 3.63) is 28.3 Å². The summed E-state index contributed by atoms with van der Waals surface area (Å²) in [5, 5.41) is 0. The van der Waals surface area contributed by atoms with E-state index in [1.165, 1.54) is 30.1 Å². The van der Waals surface area contributed by atoms with Gasteiger partial charge in [-0.2, -0.15) is 0 Å². The first-order valence-corrected chi connectivity index (χ1v) is 11.6. The van der Waals surface area contributed by atoms with Gasteiger partial charge in [-0.25, -0.2) is 8.42 Å². The molecule has 0 radical (unpaired) electrons. The van der Waals surface area contributed by atoms with Crippen LogP contribution in [-0.4, -0.2) is 68.4 Å². The van der Waals surface area contributed by atoms with E-state index in [9.17, 15) is 18.0 Å². The van der Waals surface area contributed by atoms with Crippen LogP contribution < -0.4 is 10.2 Å². The maximum atomic E-state index is 12.3. The summed E-state index contributed by atoms with van der Waals surface area (Å²) in [4.78, 5) is 28.2. The molecule has 8 nitrogen and oxygen atoms in total. The predicted molar refractivity (Wildman–Crippen MR) is 104 cm³/mol. The lowest BCUT2D eigenvalue weighted by Crippen LogP contribution is -2.40.